The molecule has 0 aromatic carbocycles. The summed E-state index contributed by atoms with van der Waals surface area (Å²) in [4.78, 5) is 18.4. The molecule has 1 saturated heterocycles. The van der Waals surface area contributed by atoms with Gasteiger partial charge in [-0.25, -0.2) is 0 Å². The summed E-state index contributed by atoms with van der Waals surface area (Å²) < 4.78 is 0. The molecule has 100 valence electrons. The van der Waals surface area contributed by atoms with Crippen molar-refractivity contribution < 1.29 is 9.63 Å². The van der Waals surface area contributed by atoms with E-state index in [4.69, 9.17) is 4.84 Å². The van der Waals surface area contributed by atoms with Crippen molar-refractivity contribution in [2.45, 2.75) is 33.2 Å². The van der Waals surface area contributed by atoms with Crippen LogP contribution >= 0.6 is 0 Å². The Morgan fingerprint density at radius 1 is 1.56 bits per heavy atom. The zero-order chi connectivity index (χ0) is 13.4. The molecule has 1 aliphatic rings. The number of amides is 1. The molecule has 1 heterocycles. The first kappa shape index (κ1) is 14.5. The fraction of sp³-hybridized carbons (Fsp3) is 0.692. The van der Waals surface area contributed by atoms with Gasteiger partial charge in [0, 0.05) is 32.6 Å². The highest BCUT2D eigenvalue weighted by molar-refractivity contribution is 5.97. The van der Waals surface area contributed by atoms with Crippen LogP contribution in [0.4, 0.5) is 0 Å². The molecular formula is C13H21N3O2. The van der Waals surface area contributed by atoms with Gasteiger partial charge in [0.05, 0.1) is 0 Å². The monoisotopic (exact) mass is 251 g/mol. The lowest BCUT2D eigenvalue weighted by atomic mass is 10.3. The Kier molecular flexibility index (Phi) is 6.23. The number of likely N-dealkylation sites (tertiary alicyclic amines) is 1. The quantitative estimate of drug-likeness (QED) is 0.337. The van der Waals surface area contributed by atoms with Gasteiger partial charge in [-0.05, 0) is 26.2 Å². The summed E-state index contributed by atoms with van der Waals surface area (Å²) in [5.41, 5.74) is 0.690. The Balaban J connectivity index is 2.16. The van der Waals surface area contributed by atoms with Gasteiger partial charge in [-0.2, -0.15) is 0 Å². The van der Waals surface area contributed by atoms with E-state index in [0.29, 0.717) is 12.3 Å². The van der Waals surface area contributed by atoms with E-state index in [2.05, 4.69) is 27.2 Å². The molecule has 0 aromatic rings. The SMILES string of the molecule is CC#C/C(C)=N\OCCN1CC[C@@H](NC(C)=O)C1. The van der Waals surface area contributed by atoms with E-state index in [1.54, 1.807) is 13.8 Å². The predicted octanol–water partition coefficient (Wildman–Crippen LogP) is 0.613. The molecule has 0 aliphatic carbocycles. The number of oxime groups is 1. The van der Waals surface area contributed by atoms with Gasteiger partial charge in [-0.15, -0.1) is 0 Å². The Hall–Kier alpha value is -1.54. The first-order chi connectivity index (χ1) is 8.61. The summed E-state index contributed by atoms with van der Waals surface area (Å²) in [6.07, 6.45) is 1.00. The van der Waals surface area contributed by atoms with Crippen LogP contribution < -0.4 is 5.32 Å². The molecule has 1 amide bonds. The van der Waals surface area contributed by atoms with Crippen LogP contribution in [0.2, 0.25) is 0 Å². The first-order valence-corrected chi connectivity index (χ1v) is 6.20. The van der Waals surface area contributed by atoms with Crippen molar-refractivity contribution in [3.8, 4) is 11.8 Å². The molecule has 5 nitrogen and oxygen atoms in total. The van der Waals surface area contributed by atoms with E-state index >= 15 is 0 Å². The fourth-order valence-corrected chi connectivity index (χ4v) is 1.96. The Labute approximate surface area is 109 Å². The van der Waals surface area contributed by atoms with Crippen molar-refractivity contribution in [2.24, 2.45) is 5.16 Å². The van der Waals surface area contributed by atoms with E-state index in [0.717, 1.165) is 26.1 Å². The lowest BCUT2D eigenvalue weighted by Gasteiger charge is -2.15. The molecular weight excluding hydrogens is 230 g/mol. The molecule has 1 atom stereocenters. The minimum atomic E-state index is 0.0384. The van der Waals surface area contributed by atoms with Crippen molar-refractivity contribution in [3.63, 3.8) is 0 Å². The smallest absolute Gasteiger partial charge is 0.217 e. The van der Waals surface area contributed by atoms with Gasteiger partial charge in [0.25, 0.3) is 0 Å². The van der Waals surface area contributed by atoms with Crippen LogP contribution in [0.25, 0.3) is 0 Å². The fourth-order valence-electron chi connectivity index (χ4n) is 1.96. The largest absolute Gasteiger partial charge is 0.394 e. The second-order valence-electron chi connectivity index (χ2n) is 4.37. The second kappa shape index (κ2) is 7.72. The van der Waals surface area contributed by atoms with Gasteiger partial charge in [-0.3, -0.25) is 9.69 Å². The van der Waals surface area contributed by atoms with E-state index < -0.39 is 0 Å². The molecule has 18 heavy (non-hydrogen) atoms. The predicted molar refractivity (Wildman–Crippen MR) is 71.2 cm³/mol. The van der Waals surface area contributed by atoms with Crippen molar-refractivity contribution in [1.82, 2.24) is 10.2 Å². The molecule has 0 saturated carbocycles. The van der Waals surface area contributed by atoms with E-state index in [1.807, 2.05) is 6.92 Å². The van der Waals surface area contributed by atoms with Gasteiger partial charge < -0.3 is 10.2 Å². The maximum Gasteiger partial charge on any atom is 0.217 e. The van der Waals surface area contributed by atoms with Gasteiger partial charge in [0.2, 0.25) is 5.91 Å². The van der Waals surface area contributed by atoms with E-state index in [1.165, 1.54) is 0 Å². The normalized spacial score (nSPS) is 20.2. The molecule has 0 radical (unpaired) electrons. The molecule has 0 aromatic heterocycles. The van der Waals surface area contributed by atoms with E-state index in [-0.39, 0.29) is 11.9 Å². The molecule has 0 unspecified atom stereocenters. The summed E-state index contributed by atoms with van der Waals surface area (Å²) in [5, 5.41) is 6.82. The summed E-state index contributed by atoms with van der Waals surface area (Å²) in [6, 6.07) is 0.277. The highest BCUT2D eigenvalue weighted by Gasteiger charge is 2.22. The standard InChI is InChI=1S/C13H21N3O2/c1-4-5-11(2)15-18-9-8-16-7-6-13(10-16)14-12(3)17/h13H,6-10H2,1-3H3,(H,14,17)/b15-11-/t13-/m1/s1. The van der Waals surface area contributed by atoms with Gasteiger partial charge >= 0.3 is 0 Å². The maximum atomic E-state index is 10.9. The van der Waals surface area contributed by atoms with Crippen LogP contribution in [-0.2, 0) is 9.63 Å². The molecule has 0 spiro atoms. The number of carbonyl (C=O) groups excluding carboxylic acids is 1. The third-order valence-electron chi connectivity index (χ3n) is 2.69. The number of nitrogens with one attached hydrogen (secondary N) is 1. The third-order valence-corrected chi connectivity index (χ3v) is 2.69. The van der Waals surface area contributed by atoms with Crippen molar-refractivity contribution >= 4 is 11.6 Å². The van der Waals surface area contributed by atoms with Crippen molar-refractivity contribution in [1.29, 1.82) is 0 Å². The lowest BCUT2D eigenvalue weighted by molar-refractivity contribution is -0.119. The minimum Gasteiger partial charge on any atom is -0.394 e. The number of carbonyl (C=O) groups is 1. The molecule has 1 rings (SSSR count). The maximum absolute atomic E-state index is 10.9. The second-order valence-corrected chi connectivity index (χ2v) is 4.37. The van der Waals surface area contributed by atoms with Crippen LogP contribution in [-0.4, -0.2) is 48.8 Å². The highest BCUT2D eigenvalue weighted by atomic mass is 16.6. The number of nitrogens with zero attached hydrogens (tertiary/aromatic N) is 2. The summed E-state index contributed by atoms with van der Waals surface area (Å²) >= 11 is 0. The van der Waals surface area contributed by atoms with Crippen LogP contribution in [0.3, 0.4) is 0 Å². The van der Waals surface area contributed by atoms with E-state index in [9.17, 15) is 4.79 Å². The van der Waals surface area contributed by atoms with Gasteiger partial charge in [0.15, 0.2) is 0 Å². The molecule has 1 N–H and O–H groups in total. The molecule has 1 fully saturated rings. The van der Waals surface area contributed by atoms with Crippen molar-refractivity contribution in [3.05, 3.63) is 0 Å². The van der Waals surface area contributed by atoms with Crippen LogP contribution in [0.15, 0.2) is 5.16 Å². The average Bonchev–Trinajstić information content (AvgIpc) is 2.71. The first-order valence-electron chi connectivity index (χ1n) is 6.20. The Bertz CT molecular complexity index is 368. The lowest BCUT2D eigenvalue weighted by Crippen LogP contribution is -2.36. The summed E-state index contributed by atoms with van der Waals surface area (Å²) in [5.74, 6) is 5.62. The van der Waals surface area contributed by atoms with Gasteiger partial charge in [0.1, 0.15) is 12.3 Å². The number of hydrogen-bond acceptors (Lipinski definition) is 4. The topological polar surface area (TPSA) is 53.9 Å². The molecule has 1 aliphatic heterocycles. The van der Waals surface area contributed by atoms with Gasteiger partial charge in [-0.1, -0.05) is 11.1 Å². The Morgan fingerprint density at radius 3 is 3.00 bits per heavy atom. The van der Waals surface area contributed by atoms with Crippen LogP contribution in [0.1, 0.15) is 27.2 Å². The minimum absolute atomic E-state index is 0.0384. The average molecular weight is 251 g/mol. The third kappa shape index (κ3) is 5.69. The number of hydrogen-bond donors (Lipinski definition) is 1. The summed E-state index contributed by atoms with van der Waals surface area (Å²) in [7, 11) is 0. The highest BCUT2D eigenvalue weighted by Crippen LogP contribution is 2.08. The van der Waals surface area contributed by atoms with Crippen LogP contribution in [0.5, 0.6) is 0 Å². The summed E-state index contributed by atoms with van der Waals surface area (Å²) in [6.45, 7) is 8.40. The van der Waals surface area contributed by atoms with Crippen LogP contribution in [0, 0.1) is 11.8 Å². The zero-order valence-corrected chi connectivity index (χ0v) is 11.3. The zero-order valence-electron chi connectivity index (χ0n) is 11.3. The molecule has 0 bridgehead atoms. The Morgan fingerprint density at radius 2 is 2.33 bits per heavy atom. The molecule has 5 heteroatoms. The number of rotatable bonds is 5. The van der Waals surface area contributed by atoms with Crippen molar-refractivity contribution in [2.75, 3.05) is 26.2 Å².